The maximum atomic E-state index is 13.1. The van der Waals surface area contributed by atoms with E-state index in [2.05, 4.69) is 30.6 Å². The molecule has 0 aliphatic heterocycles. The summed E-state index contributed by atoms with van der Waals surface area (Å²) >= 11 is 1.24. The summed E-state index contributed by atoms with van der Waals surface area (Å²) in [7, 11) is -4.62. The Morgan fingerprint density at radius 2 is 2.02 bits per heavy atom. The van der Waals surface area contributed by atoms with Crippen LogP contribution in [0, 0.1) is 0 Å². The van der Waals surface area contributed by atoms with Crippen molar-refractivity contribution in [1.29, 1.82) is 0 Å². The molecule has 19 heteroatoms. The Bertz CT molecular complexity index is 1650. The van der Waals surface area contributed by atoms with Crippen LogP contribution in [0.1, 0.15) is 63.0 Å². The van der Waals surface area contributed by atoms with Crippen LogP contribution in [0.25, 0.3) is 22.0 Å². The van der Waals surface area contributed by atoms with Crippen molar-refractivity contribution in [2.75, 3.05) is 18.5 Å². The van der Waals surface area contributed by atoms with E-state index in [4.69, 9.17) is 30.5 Å². The Morgan fingerprint density at radius 3 is 2.67 bits per heavy atom. The number of unbranched alkanes of at least 4 members (excludes halogenated alkanes) is 1. The van der Waals surface area contributed by atoms with E-state index in [1.165, 1.54) is 28.4 Å². The summed E-state index contributed by atoms with van der Waals surface area (Å²) in [5.74, 6) is -1.32. The molecule has 4 heterocycles. The number of nitrogens with one attached hydrogen (secondary N) is 1. The lowest BCUT2D eigenvalue weighted by Gasteiger charge is -2.34. The normalized spacial score (nSPS) is 16.2. The van der Waals surface area contributed by atoms with E-state index in [1.54, 1.807) is 11.6 Å². The molecule has 1 saturated carbocycles. The molecule has 0 spiro atoms. The minimum atomic E-state index is -4.62. The number of phosphoric ester groups is 1. The molecule has 0 radical (unpaired) electrons. The van der Waals surface area contributed by atoms with Gasteiger partial charge in [-0.3, -0.25) is 23.8 Å². The van der Waals surface area contributed by atoms with Crippen LogP contribution in [0.15, 0.2) is 48.4 Å². The quantitative estimate of drug-likeness (QED) is 0.0768. The van der Waals surface area contributed by atoms with Crippen molar-refractivity contribution >= 4 is 36.7 Å². The zero-order valence-corrected chi connectivity index (χ0v) is 27.4. The predicted molar refractivity (Wildman–Crippen MR) is 178 cm³/mol. The van der Waals surface area contributed by atoms with E-state index < -0.39 is 32.5 Å². The topological polar surface area (TPSA) is 257 Å². The molecular formula is C29H43N9O8PS+. The third-order valence-electron chi connectivity index (χ3n) is 7.04. The smallest absolute Gasteiger partial charge is 0.471 e. The highest BCUT2D eigenvalue weighted by atomic mass is 32.1. The zero-order valence-electron chi connectivity index (χ0n) is 25.7. The number of phosphoric acid groups is 1. The summed E-state index contributed by atoms with van der Waals surface area (Å²) in [6.07, 6.45) is 10.8. The van der Waals surface area contributed by atoms with Gasteiger partial charge in [0.15, 0.2) is 6.73 Å². The average molecular weight is 709 g/mol. The minimum Gasteiger partial charge on any atom is -0.480 e. The lowest BCUT2D eigenvalue weighted by atomic mass is 9.89. The fraction of sp³-hybridized carbons (Fsp3) is 0.448. The second-order valence-corrected chi connectivity index (χ2v) is 12.7. The van der Waals surface area contributed by atoms with E-state index in [1.807, 2.05) is 36.0 Å². The van der Waals surface area contributed by atoms with Crippen LogP contribution in [0.3, 0.4) is 0 Å². The molecule has 48 heavy (non-hydrogen) atoms. The second kappa shape index (κ2) is 18.0. The third kappa shape index (κ3) is 11.1. The molecule has 0 aromatic carbocycles. The van der Waals surface area contributed by atoms with Gasteiger partial charge < -0.3 is 36.4 Å². The number of aromatic nitrogens is 6. The molecular weight excluding hydrogens is 665 g/mol. The van der Waals surface area contributed by atoms with E-state index in [0.29, 0.717) is 40.7 Å². The first kappa shape index (κ1) is 38.6. The number of aliphatic carboxylic acids is 1. The van der Waals surface area contributed by atoms with Crippen LogP contribution in [-0.2, 0) is 25.4 Å². The van der Waals surface area contributed by atoms with E-state index in [9.17, 15) is 14.2 Å². The van der Waals surface area contributed by atoms with Crippen molar-refractivity contribution in [3.8, 4) is 22.0 Å². The number of pyridine rings is 1. The van der Waals surface area contributed by atoms with E-state index in [0.717, 1.165) is 32.2 Å². The van der Waals surface area contributed by atoms with Gasteiger partial charge in [0.2, 0.25) is 0 Å². The first-order chi connectivity index (χ1) is 22.5. The summed E-state index contributed by atoms with van der Waals surface area (Å²) in [6.45, 7) is 3.08. The molecule has 17 nitrogen and oxygen atoms in total. The van der Waals surface area contributed by atoms with Crippen LogP contribution in [0.5, 0.6) is 0 Å². The number of amides is 1. The molecule has 1 unspecified atom stereocenters. The maximum Gasteiger partial charge on any atom is 0.471 e. The van der Waals surface area contributed by atoms with Gasteiger partial charge in [-0.25, -0.2) is 14.2 Å². The van der Waals surface area contributed by atoms with Gasteiger partial charge in [0.05, 0.1) is 36.3 Å². The molecule has 1 amide bonds. The molecule has 0 saturated heterocycles. The number of anilines is 1. The van der Waals surface area contributed by atoms with Crippen LogP contribution in [0.4, 0.5) is 5.69 Å². The highest BCUT2D eigenvalue weighted by Crippen LogP contribution is 2.37. The molecule has 4 aromatic heterocycles. The maximum absolute atomic E-state index is 13.1. The number of nitrogens with zero attached hydrogens (tertiary/aromatic N) is 6. The fourth-order valence-corrected chi connectivity index (χ4v) is 5.57. The summed E-state index contributed by atoms with van der Waals surface area (Å²) < 4.78 is 24.1. The van der Waals surface area contributed by atoms with E-state index in [-0.39, 0.29) is 25.3 Å². The van der Waals surface area contributed by atoms with Gasteiger partial charge in [-0.2, -0.15) is 10.2 Å². The van der Waals surface area contributed by atoms with Crippen molar-refractivity contribution in [3.05, 3.63) is 54.1 Å². The number of quaternary nitrogens is 1. The average Bonchev–Trinajstić information content (AvgIpc) is 3.78. The number of carbonyl (C=O) groups excluding carboxylic acids is 1. The van der Waals surface area contributed by atoms with Gasteiger partial charge in [0, 0.05) is 36.1 Å². The Morgan fingerprint density at radius 1 is 1.25 bits per heavy atom. The molecule has 1 fully saturated rings. The van der Waals surface area contributed by atoms with Crippen LogP contribution >= 0.6 is 19.2 Å². The first-order valence-corrected chi connectivity index (χ1v) is 17.3. The Balaban J connectivity index is 0.000000496. The van der Waals surface area contributed by atoms with Gasteiger partial charge in [-0.05, 0) is 51.2 Å². The SMILES string of the molecule is C.CCOC1CC(n2cc(NC(=O)c3csc(-c4cnn(COP(=O)(O)O)c4)n3)c(-c3ccccn3)n2)C1.NC(CCCC[NH3+])C(=O)O. The van der Waals surface area contributed by atoms with Crippen molar-refractivity contribution in [1.82, 2.24) is 29.5 Å². The van der Waals surface area contributed by atoms with Crippen LogP contribution in [-0.4, -0.2) is 81.6 Å². The van der Waals surface area contributed by atoms with Gasteiger partial charge in [0.1, 0.15) is 22.4 Å². The highest BCUT2D eigenvalue weighted by Gasteiger charge is 2.32. The predicted octanol–water partition coefficient (Wildman–Crippen LogP) is 2.77. The van der Waals surface area contributed by atoms with Crippen molar-refractivity contribution in [3.63, 3.8) is 0 Å². The molecule has 5 rings (SSSR count). The van der Waals surface area contributed by atoms with Crippen molar-refractivity contribution in [2.24, 2.45) is 5.73 Å². The largest absolute Gasteiger partial charge is 0.480 e. The van der Waals surface area contributed by atoms with Crippen LogP contribution < -0.4 is 16.8 Å². The number of hydrogen-bond donors (Lipinski definition) is 6. The van der Waals surface area contributed by atoms with E-state index >= 15 is 0 Å². The monoisotopic (exact) mass is 708 g/mol. The number of carbonyl (C=O) groups is 2. The lowest BCUT2D eigenvalue weighted by Crippen LogP contribution is -2.50. The zero-order chi connectivity index (χ0) is 34.0. The Hall–Kier alpha value is -3.87. The number of hydrogen-bond acceptors (Lipinski definition) is 11. The number of ether oxygens (including phenoxy) is 1. The van der Waals surface area contributed by atoms with Crippen molar-refractivity contribution in [2.45, 2.75) is 71.4 Å². The molecule has 1 aliphatic carbocycles. The Labute approximate surface area is 281 Å². The number of nitrogens with two attached hydrogens (primary N) is 1. The molecule has 1 atom stereocenters. The van der Waals surface area contributed by atoms with Crippen LogP contribution in [0.2, 0.25) is 0 Å². The molecule has 0 bridgehead atoms. The molecule has 262 valence electrons. The summed E-state index contributed by atoms with van der Waals surface area (Å²) in [4.78, 5) is 49.7. The van der Waals surface area contributed by atoms with Gasteiger partial charge in [-0.1, -0.05) is 13.5 Å². The van der Waals surface area contributed by atoms with Crippen molar-refractivity contribution < 1.29 is 44.0 Å². The molecule has 4 aromatic rings. The van der Waals surface area contributed by atoms with Gasteiger partial charge in [-0.15, -0.1) is 11.3 Å². The number of rotatable bonds is 15. The van der Waals surface area contributed by atoms with Gasteiger partial charge in [0.25, 0.3) is 5.91 Å². The summed E-state index contributed by atoms with van der Waals surface area (Å²) in [6, 6.07) is 5.00. The first-order valence-electron chi connectivity index (χ1n) is 14.9. The lowest BCUT2D eigenvalue weighted by molar-refractivity contribution is -0.368. The fourth-order valence-electron chi connectivity index (χ4n) is 4.53. The second-order valence-electron chi connectivity index (χ2n) is 10.6. The summed E-state index contributed by atoms with van der Waals surface area (Å²) in [5.41, 5.74) is 11.4. The molecule has 9 N–H and O–H groups in total. The highest BCUT2D eigenvalue weighted by molar-refractivity contribution is 7.46. The summed E-state index contributed by atoms with van der Waals surface area (Å²) in [5, 5.41) is 22.1. The molecule has 1 aliphatic rings. The third-order valence-corrected chi connectivity index (χ3v) is 8.38. The van der Waals surface area contributed by atoms with Gasteiger partial charge >= 0.3 is 13.8 Å². The number of carboxylic acid groups (broad SMARTS) is 1. The number of thiazole rings is 1. The number of carboxylic acids is 1. The minimum absolute atomic E-state index is 0. The standard InChI is InChI=1S/C22H24N7O6PS.C6H14N2O2.CH4/c1-2-34-16-7-15(8-16)29-11-18(20(27-29)17-5-3-4-6-23-17)25-21(30)19-12-37-22(26-19)14-9-24-28(10-14)13-35-36(31,32)33;7-4-2-1-3-5(8)6(9)10;/h3-6,9-12,15-16H,2,7-8,13H2,1H3,(H,25,30)(H2,31,32,33);5H,1-4,7-8H2,(H,9,10);1H4/p+1. The Kier molecular flexibility index (Phi) is 14.5.